The Hall–Kier alpha value is -2.80. The van der Waals surface area contributed by atoms with Crippen molar-refractivity contribution >= 4 is 11.7 Å². The van der Waals surface area contributed by atoms with E-state index in [0.717, 1.165) is 38.3 Å². The third-order valence-corrected chi connectivity index (χ3v) is 4.69. The van der Waals surface area contributed by atoms with E-state index in [2.05, 4.69) is 14.8 Å². The molecular weight excluding hydrogens is 346 g/mol. The van der Waals surface area contributed by atoms with E-state index in [-0.39, 0.29) is 0 Å². The van der Waals surface area contributed by atoms with Gasteiger partial charge in [-0.3, -0.25) is 9.88 Å². The molecule has 0 aliphatic carbocycles. The summed E-state index contributed by atoms with van der Waals surface area (Å²) in [6.07, 6.45) is 2.72. The average molecular weight is 371 g/mol. The quantitative estimate of drug-likeness (QED) is 0.800. The summed E-state index contributed by atoms with van der Waals surface area (Å²) in [6, 6.07) is 9.73. The van der Waals surface area contributed by atoms with Crippen molar-refractivity contribution in [3.05, 3.63) is 48.3 Å². The molecule has 1 aromatic carbocycles. The van der Waals surface area contributed by atoms with E-state index in [1.807, 2.05) is 36.7 Å². The van der Waals surface area contributed by atoms with Gasteiger partial charge in [0, 0.05) is 50.8 Å². The number of anilines is 1. The second-order valence-electron chi connectivity index (χ2n) is 6.55. The van der Waals surface area contributed by atoms with Crippen LogP contribution in [0.4, 0.5) is 5.69 Å². The normalized spacial score (nSPS) is 16.0. The van der Waals surface area contributed by atoms with Crippen molar-refractivity contribution < 1.29 is 19.4 Å². The Bertz CT molecular complexity index is 761. The Morgan fingerprint density at radius 3 is 2.48 bits per heavy atom. The van der Waals surface area contributed by atoms with Crippen molar-refractivity contribution in [1.82, 2.24) is 9.88 Å². The summed E-state index contributed by atoms with van der Waals surface area (Å²) in [7, 11) is 1.56. The van der Waals surface area contributed by atoms with Crippen LogP contribution < -0.4 is 14.4 Å². The third-order valence-electron chi connectivity index (χ3n) is 4.69. The number of nitrogens with zero attached hydrogens (tertiary/aromatic N) is 3. The molecule has 2 heterocycles. The van der Waals surface area contributed by atoms with Crippen LogP contribution in [0.15, 0.2) is 42.7 Å². The van der Waals surface area contributed by atoms with Gasteiger partial charge >= 0.3 is 5.97 Å². The van der Waals surface area contributed by atoms with Gasteiger partial charge in [-0.1, -0.05) is 6.07 Å². The lowest BCUT2D eigenvalue weighted by Crippen LogP contribution is -2.45. The maximum Gasteiger partial charge on any atom is 0.344 e. The molecule has 1 atom stereocenters. The Morgan fingerprint density at radius 1 is 1.15 bits per heavy atom. The molecule has 1 saturated heterocycles. The fourth-order valence-electron chi connectivity index (χ4n) is 3.13. The van der Waals surface area contributed by atoms with Crippen molar-refractivity contribution in [3.63, 3.8) is 0 Å². The summed E-state index contributed by atoms with van der Waals surface area (Å²) in [4.78, 5) is 19.8. The molecule has 1 unspecified atom stereocenters. The Labute approximate surface area is 159 Å². The van der Waals surface area contributed by atoms with E-state index in [9.17, 15) is 4.79 Å². The first kappa shape index (κ1) is 19.0. The lowest BCUT2D eigenvalue weighted by molar-refractivity contribution is -0.144. The van der Waals surface area contributed by atoms with E-state index in [1.165, 1.54) is 12.6 Å². The molecule has 7 heteroatoms. The van der Waals surface area contributed by atoms with Gasteiger partial charge in [0.05, 0.1) is 7.11 Å². The van der Waals surface area contributed by atoms with Gasteiger partial charge in [0.2, 0.25) is 0 Å². The molecule has 1 fully saturated rings. The Balaban J connectivity index is 1.59. The predicted molar refractivity (Wildman–Crippen MR) is 102 cm³/mol. The molecule has 2 aromatic rings. The van der Waals surface area contributed by atoms with Gasteiger partial charge < -0.3 is 19.5 Å². The van der Waals surface area contributed by atoms with Crippen LogP contribution in [0.25, 0.3) is 0 Å². The van der Waals surface area contributed by atoms with Crippen LogP contribution in [0.5, 0.6) is 11.5 Å². The molecular formula is C20H25N3O4. The molecule has 144 valence electrons. The predicted octanol–water partition coefficient (Wildman–Crippen LogP) is 2.26. The first-order valence-corrected chi connectivity index (χ1v) is 9.00. The largest absolute Gasteiger partial charge is 0.493 e. The second-order valence-corrected chi connectivity index (χ2v) is 6.55. The minimum absolute atomic E-state index is 0.443. The molecule has 0 amide bonds. The van der Waals surface area contributed by atoms with E-state index in [1.54, 1.807) is 13.2 Å². The van der Waals surface area contributed by atoms with Crippen LogP contribution in [-0.2, 0) is 11.3 Å². The number of aromatic nitrogens is 1. The lowest BCUT2D eigenvalue weighted by atomic mass is 10.1. The number of piperazine rings is 1. The molecule has 0 saturated carbocycles. The van der Waals surface area contributed by atoms with E-state index < -0.39 is 12.1 Å². The summed E-state index contributed by atoms with van der Waals surface area (Å²) in [6.45, 7) is 6.20. The molecule has 0 bridgehead atoms. The molecule has 1 aliphatic heterocycles. The number of pyridine rings is 1. The SMILES string of the molecule is COc1cc(CN2CCN(c3ccncc3)CC2)ccc1OC(C)C(=O)O. The number of methoxy groups -OCH3 is 1. The molecule has 1 aromatic heterocycles. The minimum Gasteiger partial charge on any atom is -0.493 e. The maximum atomic E-state index is 11.0. The van der Waals surface area contributed by atoms with Crippen molar-refractivity contribution in [3.8, 4) is 11.5 Å². The number of carboxylic acids is 1. The zero-order chi connectivity index (χ0) is 19.2. The summed E-state index contributed by atoms with van der Waals surface area (Å²) in [5, 5.41) is 9.00. The van der Waals surface area contributed by atoms with E-state index >= 15 is 0 Å². The maximum absolute atomic E-state index is 11.0. The van der Waals surface area contributed by atoms with Crippen LogP contribution in [0.2, 0.25) is 0 Å². The van der Waals surface area contributed by atoms with Crippen molar-refractivity contribution in [1.29, 1.82) is 0 Å². The molecule has 3 rings (SSSR count). The van der Waals surface area contributed by atoms with E-state index in [0.29, 0.717) is 11.5 Å². The minimum atomic E-state index is -1.01. The molecule has 7 nitrogen and oxygen atoms in total. The van der Waals surface area contributed by atoms with E-state index in [4.69, 9.17) is 14.6 Å². The number of hydrogen-bond acceptors (Lipinski definition) is 6. The van der Waals surface area contributed by atoms with Crippen molar-refractivity contribution in [2.24, 2.45) is 0 Å². The molecule has 27 heavy (non-hydrogen) atoms. The number of carbonyl (C=O) groups is 1. The van der Waals surface area contributed by atoms with Crippen LogP contribution in [0, 0.1) is 0 Å². The topological polar surface area (TPSA) is 75.1 Å². The highest BCUT2D eigenvalue weighted by Gasteiger charge is 2.19. The van der Waals surface area contributed by atoms with Crippen LogP contribution in [0.1, 0.15) is 12.5 Å². The number of benzene rings is 1. The van der Waals surface area contributed by atoms with Crippen molar-refractivity contribution in [2.75, 3.05) is 38.2 Å². The van der Waals surface area contributed by atoms with Gasteiger partial charge in [0.15, 0.2) is 17.6 Å². The highest BCUT2D eigenvalue weighted by Crippen LogP contribution is 2.29. The zero-order valence-corrected chi connectivity index (χ0v) is 15.7. The average Bonchev–Trinajstić information content (AvgIpc) is 2.70. The summed E-state index contributed by atoms with van der Waals surface area (Å²) in [5.41, 5.74) is 2.32. The number of rotatable bonds is 7. The fraction of sp³-hybridized carbons (Fsp3) is 0.400. The Morgan fingerprint density at radius 2 is 1.85 bits per heavy atom. The van der Waals surface area contributed by atoms with Gasteiger partial charge in [0.1, 0.15) is 0 Å². The highest BCUT2D eigenvalue weighted by molar-refractivity contribution is 5.72. The standard InChI is InChI=1S/C20H25N3O4/c1-15(20(24)25)27-18-4-3-16(13-19(18)26-2)14-22-9-11-23(12-10-22)17-5-7-21-8-6-17/h3-8,13,15H,9-12,14H2,1-2H3,(H,24,25). The number of aliphatic carboxylic acids is 1. The van der Waals surface area contributed by atoms with Gasteiger partial charge in [-0.05, 0) is 36.8 Å². The smallest absolute Gasteiger partial charge is 0.344 e. The summed E-state index contributed by atoms with van der Waals surface area (Å²) in [5.74, 6) is -0.0112. The number of carboxylic acid groups (broad SMARTS) is 1. The Kier molecular flexibility index (Phi) is 6.13. The first-order chi connectivity index (χ1) is 13.1. The summed E-state index contributed by atoms with van der Waals surface area (Å²) >= 11 is 0. The molecule has 0 spiro atoms. The monoisotopic (exact) mass is 371 g/mol. The van der Waals surface area contributed by atoms with Crippen LogP contribution in [-0.4, -0.2) is 60.4 Å². The molecule has 1 N–H and O–H groups in total. The van der Waals surface area contributed by atoms with Gasteiger partial charge in [-0.25, -0.2) is 4.79 Å². The molecule has 1 aliphatic rings. The second kappa shape index (κ2) is 8.73. The van der Waals surface area contributed by atoms with Gasteiger partial charge in [-0.2, -0.15) is 0 Å². The van der Waals surface area contributed by atoms with Crippen LogP contribution >= 0.6 is 0 Å². The zero-order valence-electron chi connectivity index (χ0n) is 15.7. The number of ether oxygens (including phenoxy) is 2. The lowest BCUT2D eigenvalue weighted by Gasteiger charge is -2.36. The highest BCUT2D eigenvalue weighted by atomic mass is 16.5. The summed E-state index contributed by atoms with van der Waals surface area (Å²) < 4.78 is 10.8. The van der Waals surface area contributed by atoms with Crippen LogP contribution in [0.3, 0.4) is 0 Å². The van der Waals surface area contributed by atoms with Gasteiger partial charge in [0.25, 0.3) is 0 Å². The first-order valence-electron chi connectivity index (χ1n) is 9.00. The fourth-order valence-corrected chi connectivity index (χ4v) is 3.13. The van der Waals surface area contributed by atoms with Crippen molar-refractivity contribution in [2.45, 2.75) is 19.6 Å². The third kappa shape index (κ3) is 4.89. The van der Waals surface area contributed by atoms with Gasteiger partial charge in [-0.15, -0.1) is 0 Å². The molecule has 0 radical (unpaired) electrons. The number of hydrogen-bond donors (Lipinski definition) is 1.